The van der Waals surface area contributed by atoms with Gasteiger partial charge in [-0.1, -0.05) is 0 Å². The van der Waals surface area contributed by atoms with E-state index in [1.54, 1.807) is 0 Å². The van der Waals surface area contributed by atoms with Crippen molar-refractivity contribution in [3.8, 4) is 0 Å². The fourth-order valence-electron chi connectivity index (χ4n) is 0.351. The first-order chi connectivity index (χ1) is 3.13. The van der Waals surface area contributed by atoms with Crippen LogP contribution in [0.25, 0.3) is 0 Å². The molecule has 0 bridgehead atoms. The van der Waals surface area contributed by atoms with Crippen molar-refractivity contribution in [1.82, 2.24) is 0 Å². The fourth-order valence-corrected chi connectivity index (χ4v) is 0.351. The molecule has 0 aromatic heterocycles. The minimum absolute atomic E-state index is 0. The van der Waals surface area contributed by atoms with Crippen LogP contribution in [0, 0.1) is 0 Å². The molecule has 0 radical (unpaired) electrons. The molecule has 0 aliphatic carbocycles. The van der Waals surface area contributed by atoms with E-state index in [0.717, 1.165) is 0 Å². The maximum Gasteiger partial charge on any atom is 0.137 e. The van der Waals surface area contributed by atoms with Crippen molar-refractivity contribution >= 4 is 21.5 Å². The summed E-state index contributed by atoms with van der Waals surface area (Å²) in [5, 5.41) is 0. The van der Waals surface area contributed by atoms with E-state index in [1.165, 1.54) is 13.8 Å². The molecule has 0 N–H and O–H groups in total. The number of rotatable bonds is 2. The van der Waals surface area contributed by atoms with Gasteiger partial charge in [-0.25, -0.2) is 0 Å². The van der Waals surface area contributed by atoms with E-state index < -0.39 is 0 Å². The molecule has 0 aromatic rings. The molecular weight excluding hydrogens is 171 g/mol. The fraction of sp³-hybridized carbons (Fsp3) is 0.600. The van der Waals surface area contributed by atoms with Crippen molar-refractivity contribution < 1.29 is 31.3 Å². The summed E-state index contributed by atoms with van der Waals surface area (Å²) in [5.74, 6) is -0.125. The predicted octanol–water partition coefficient (Wildman–Crippen LogP) is 0.610. The summed E-state index contributed by atoms with van der Waals surface area (Å²) in [4.78, 5) is 20.1. The standard InChI is InChI=1S/C5H8O2.H3P.Ti/c1-4(6)3-5(2)7;;/h3H2,1-2H3;1H3;. The van der Waals surface area contributed by atoms with Crippen LogP contribution in [0.15, 0.2) is 0 Å². The Morgan fingerprint density at radius 2 is 1.33 bits per heavy atom. The summed E-state index contributed by atoms with van der Waals surface area (Å²) in [6.07, 6.45) is 0.0833. The molecule has 0 aliphatic rings. The van der Waals surface area contributed by atoms with Gasteiger partial charge in [0.05, 0.1) is 6.42 Å². The average molecular weight is 182 g/mol. The van der Waals surface area contributed by atoms with E-state index in [4.69, 9.17) is 0 Å². The molecule has 4 heteroatoms. The maximum absolute atomic E-state index is 10.0. The van der Waals surface area contributed by atoms with Crippen LogP contribution in [0.5, 0.6) is 0 Å². The molecule has 0 saturated heterocycles. The van der Waals surface area contributed by atoms with Crippen LogP contribution in [0.4, 0.5) is 0 Å². The van der Waals surface area contributed by atoms with Gasteiger partial charge in [0.1, 0.15) is 11.6 Å². The predicted molar refractivity (Wildman–Crippen MR) is 37.1 cm³/mol. The molecule has 0 saturated carbocycles. The second-order valence-corrected chi connectivity index (χ2v) is 1.58. The molecule has 0 spiro atoms. The third-order valence-electron chi connectivity index (χ3n) is 0.498. The van der Waals surface area contributed by atoms with Gasteiger partial charge in [-0.05, 0) is 13.8 Å². The van der Waals surface area contributed by atoms with Gasteiger partial charge in [-0.3, -0.25) is 9.59 Å². The Morgan fingerprint density at radius 1 is 1.11 bits per heavy atom. The Balaban J connectivity index is -0.000000180. The summed E-state index contributed by atoms with van der Waals surface area (Å²) in [7, 11) is 0. The summed E-state index contributed by atoms with van der Waals surface area (Å²) in [6, 6.07) is 0. The van der Waals surface area contributed by atoms with Crippen LogP contribution in [0.2, 0.25) is 0 Å². The zero-order chi connectivity index (χ0) is 5.86. The van der Waals surface area contributed by atoms with Crippen molar-refractivity contribution in [2.45, 2.75) is 20.3 Å². The first-order valence-corrected chi connectivity index (χ1v) is 2.12. The number of hydrogen-bond acceptors (Lipinski definition) is 2. The molecule has 0 amide bonds. The van der Waals surface area contributed by atoms with Gasteiger partial charge in [0.25, 0.3) is 0 Å². The molecule has 0 aliphatic heterocycles. The second kappa shape index (κ2) is 8.48. The molecule has 1 atom stereocenters. The topological polar surface area (TPSA) is 34.1 Å². The Morgan fingerprint density at radius 3 is 1.33 bits per heavy atom. The van der Waals surface area contributed by atoms with Gasteiger partial charge < -0.3 is 0 Å². The second-order valence-electron chi connectivity index (χ2n) is 1.58. The summed E-state index contributed by atoms with van der Waals surface area (Å²) >= 11 is 0. The Bertz CT molecular complexity index is 91.1. The molecule has 2 nitrogen and oxygen atoms in total. The summed E-state index contributed by atoms with van der Waals surface area (Å²) < 4.78 is 0. The Kier molecular flexibility index (Phi) is 15.3. The third-order valence-corrected chi connectivity index (χ3v) is 0.498. The minimum atomic E-state index is -0.0625. The van der Waals surface area contributed by atoms with E-state index in [1.807, 2.05) is 0 Å². The van der Waals surface area contributed by atoms with Gasteiger partial charge in [0, 0.05) is 21.7 Å². The SMILES string of the molecule is CC(=O)CC(C)=O.P.[Ti]. The van der Waals surface area contributed by atoms with Gasteiger partial charge in [-0.2, -0.15) is 9.90 Å². The molecule has 9 heavy (non-hydrogen) atoms. The zero-order valence-electron chi connectivity index (χ0n) is 5.73. The molecule has 0 fully saturated rings. The summed E-state index contributed by atoms with van der Waals surface area (Å²) in [6.45, 7) is 2.81. The molecule has 0 rings (SSSR count). The van der Waals surface area contributed by atoms with Gasteiger partial charge in [0.2, 0.25) is 0 Å². The number of ketones is 2. The Hall–Kier alpha value is 0.484. The van der Waals surface area contributed by atoms with E-state index in [2.05, 4.69) is 0 Å². The number of hydrogen-bond donors (Lipinski definition) is 0. The molecule has 1 unspecified atom stereocenters. The number of Topliss-reactive ketones (excluding diaryl/α,β-unsaturated/α-hetero) is 2. The monoisotopic (exact) mass is 182 g/mol. The van der Waals surface area contributed by atoms with Crippen molar-refractivity contribution in [3.05, 3.63) is 0 Å². The number of carbonyl (C=O) groups excluding carboxylic acids is 2. The van der Waals surface area contributed by atoms with Crippen LogP contribution in [-0.4, -0.2) is 11.6 Å². The Labute approximate surface area is 73.3 Å². The van der Waals surface area contributed by atoms with Crippen LogP contribution in [0.1, 0.15) is 20.3 Å². The van der Waals surface area contributed by atoms with Gasteiger partial charge >= 0.3 is 0 Å². The third kappa shape index (κ3) is 17.7. The molecule has 0 aromatic carbocycles. The van der Waals surface area contributed by atoms with Crippen LogP contribution in [0.3, 0.4) is 0 Å². The van der Waals surface area contributed by atoms with E-state index in [-0.39, 0.29) is 49.6 Å². The smallest absolute Gasteiger partial charge is 0.137 e. The number of carbonyl (C=O) groups is 2. The largest absolute Gasteiger partial charge is 0.300 e. The van der Waals surface area contributed by atoms with Crippen LogP contribution >= 0.6 is 9.90 Å². The quantitative estimate of drug-likeness (QED) is 0.356. The average Bonchev–Trinajstić information content (AvgIpc) is 1.27. The van der Waals surface area contributed by atoms with Gasteiger partial charge in [-0.15, -0.1) is 0 Å². The van der Waals surface area contributed by atoms with Crippen molar-refractivity contribution in [3.63, 3.8) is 0 Å². The van der Waals surface area contributed by atoms with E-state index in [9.17, 15) is 9.59 Å². The van der Waals surface area contributed by atoms with Gasteiger partial charge in [0.15, 0.2) is 0 Å². The van der Waals surface area contributed by atoms with E-state index >= 15 is 0 Å². The van der Waals surface area contributed by atoms with E-state index in [0.29, 0.717) is 0 Å². The summed E-state index contributed by atoms with van der Waals surface area (Å²) in [5.41, 5.74) is 0. The molecular formula is C5H11O2PTi. The van der Waals surface area contributed by atoms with Crippen molar-refractivity contribution in [2.75, 3.05) is 0 Å². The first kappa shape index (κ1) is 16.2. The molecule has 0 heterocycles. The first-order valence-electron chi connectivity index (χ1n) is 2.12. The normalized spacial score (nSPS) is 6.44. The van der Waals surface area contributed by atoms with Crippen molar-refractivity contribution in [1.29, 1.82) is 0 Å². The van der Waals surface area contributed by atoms with Crippen LogP contribution < -0.4 is 0 Å². The zero-order valence-corrected chi connectivity index (χ0v) is 8.71. The van der Waals surface area contributed by atoms with Crippen molar-refractivity contribution in [2.24, 2.45) is 0 Å². The molecule has 52 valence electrons. The minimum Gasteiger partial charge on any atom is -0.300 e. The maximum atomic E-state index is 10.0. The van der Waals surface area contributed by atoms with Crippen LogP contribution in [-0.2, 0) is 31.3 Å².